The van der Waals surface area contributed by atoms with E-state index in [1.165, 1.54) is 56.3 Å². The van der Waals surface area contributed by atoms with Gasteiger partial charge in [-0.2, -0.15) is 0 Å². The van der Waals surface area contributed by atoms with Gasteiger partial charge in [0, 0.05) is 6.54 Å². The first-order chi connectivity index (χ1) is 15.3. The lowest BCUT2D eigenvalue weighted by Gasteiger charge is -2.14. The predicted molar refractivity (Wildman–Crippen MR) is 129 cm³/mol. The van der Waals surface area contributed by atoms with Gasteiger partial charge in [-0.1, -0.05) is 60.7 Å². The van der Waals surface area contributed by atoms with E-state index in [0.29, 0.717) is 5.75 Å². The summed E-state index contributed by atoms with van der Waals surface area (Å²) in [6.07, 6.45) is 7.62. The zero-order chi connectivity index (χ0) is 21.6. The number of aromatic hydroxyl groups is 1. The third-order valence-corrected chi connectivity index (χ3v) is 5.62. The molecule has 0 unspecified atom stereocenters. The molecular weight excluding hydrogens is 382 g/mol. The number of ether oxygens (including phenoxy) is 1. The maximum absolute atomic E-state index is 9.19. The first kappa shape index (κ1) is 22.9. The number of likely N-dealkylation sites (tertiary alicyclic amines) is 1. The molecule has 1 saturated heterocycles. The Morgan fingerprint density at radius 1 is 0.677 bits per heavy atom. The van der Waals surface area contributed by atoms with Crippen molar-refractivity contribution in [2.45, 2.75) is 38.5 Å². The number of fused-ring (bicyclic) bond motifs is 1. The summed E-state index contributed by atoms with van der Waals surface area (Å²) in [5, 5.41) is 9.19. The van der Waals surface area contributed by atoms with Gasteiger partial charge in [-0.25, -0.2) is 0 Å². The van der Waals surface area contributed by atoms with E-state index in [1.807, 2.05) is 78.9 Å². The van der Waals surface area contributed by atoms with Crippen LogP contribution in [0.2, 0.25) is 0 Å². The van der Waals surface area contributed by atoms with Crippen LogP contribution in [0.1, 0.15) is 36.8 Å². The van der Waals surface area contributed by atoms with Crippen molar-refractivity contribution >= 4 is 0 Å². The summed E-state index contributed by atoms with van der Waals surface area (Å²) < 4.78 is 5.63. The highest BCUT2D eigenvalue weighted by Crippen LogP contribution is 2.24. The van der Waals surface area contributed by atoms with Crippen molar-refractivity contribution in [2.24, 2.45) is 0 Å². The Labute approximate surface area is 187 Å². The molecule has 1 N–H and O–H groups in total. The highest BCUT2D eigenvalue weighted by molar-refractivity contribution is 5.36. The summed E-state index contributed by atoms with van der Waals surface area (Å²) in [5.41, 5.74) is 2.77. The molecule has 3 nitrogen and oxygen atoms in total. The normalized spacial score (nSPS) is 15.0. The summed E-state index contributed by atoms with van der Waals surface area (Å²) in [4.78, 5) is 2.46. The van der Waals surface area contributed by atoms with Crippen LogP contribution in [0.3, 0.4) is 0 Å². The Morgan fingerprint density at radius 2 is 1.26 bits per heavy atom. The Bertz CT molecular complexity index is 819. The second kappa shape index (κ2) is 13.5. The van der Waals surface area contributed by atoms with Gasteiger partial charge in [0.25, 0.3) is 0 Å². The number of phenols is 1. The molecule has 0 radical (unpaired) electrons. The van der Waals surface area contributed by atoms with Crippen LogP contribution in [0.4, 0.5) is 0 Å². The molecule has 3 aromatic rings. The van der Waals surface area contributed by atoms with E-state index in [1.54, 1.807) is 6.07 Å². The lowest BCUT2D eigenvalue weighted by atomic mass is 9.92. The van der Waals surface area contributed by atoms with Crippen LogP contribution in [0.5, 0.6) is 11.5 Å². The van der Waals surface area contributed by atoms with E-state index < -0.39 is 0 Å². The molecule has 0 amide bonds. The number of hydrogen-bond acceptors (Lipinski definition) is 3. The topological polar surface area (TPSA) is 32.7 Å². The van der Waals surface area contributed by atoms with Gasteiger partial charge in [-0.15, -0.1) is 0 Å². The largest absolute Gasteiger partial charge is 0.508 e. The molecule has 0 saturated carbocycles. The number of benzene rings is 3. The molecule has 0 atom stereocenters. The third-order valence-electron chi connectivity index (χ3n) is 5.62. The number of hydrogen-bond donors (Lipinski definition) is 1. The van der Waals surface area contributed by atoms with Crippen LogP contribution in [0, 0.1) is 0 Å². The Balaban J connectivity index is 0.000000142. The van der Waals surface area contributed by atoms with Crippen LogP contribution in [0.15, 0.2) is 84.9 Å². The van der Waals surface area contributed by atoms with Gasteiger partial charge in [0.1, 0.15) is 18.1 Å². The summed E-state index contributed by atoms with van der Waals surface area (Å²) in [6, 6.07) is 27.8. The number of phenolic OH excluding ortho intramolecular Hbond substituents is 1. The molecular formula is C28H35NO2. The molecule has 31 heavy (non-hydrogen) atoms. The molecule has 1 aliphatic carbocycles. The molecule has 5 rings (SSSR count). The zero-order valence-electron chi connectivity index (χ0n) is 18.5. The summed E-state index contributed by atoms with van der Waals surface area (Å²) in [7, 11) is 0. The second-order valence-electron chi connectivity index (χ2n) is 8.03. The molecule has 164 valence electrons. The molecule has 3 heteroatoms. The molecule has 0 bridgehead atoms. The Morgan fingerprint density at radius 3 is 1.90 bits per heavy atom. The fourth-order valence-electron chi connectivity index (χ4n) is 3.92. The number of aryl methyl sites for hydroxylation is 2. The van der Waals surface area contributed by atoms with Gasteiger partial charge in [-0.3, -0.25) is 4.90 Å². The maximum atomic E-state index is 9.19. The minimum Gasteiger partial charge on any atom is -0.508 e. The SMILES string of the molecule is Oc1ccc2c(c1)CCCC2.c1ccc(OCCN2CCCC2)cc1.c1ccccc1. The van der Waals surface area contributed by atoms with Crippen molar-refractivity contribution in [1.29, 1.82) is 0 Å². The number of nitrogens with zero attached hydrogens (tertiary/aromatic N) is 1. The fourth-order valence-corrected chi connectivity index (χ4v) is 3.92. The van der Waals surface area contributed by atoms with Gasteiger partial charge < -0.3 is 9.84 Å². The molecule has 2 aliphatic rings. The first-order valence-corrected chi connectivity index (χ1v) is 11.5. The molecule has 3 aromatic carbocycles. The van der Waals surface area contributed by atoms with E-state index in [9.17, 15) is 5.11 Å². The summed E-state index contributed by atoms with van der Waals surface area (Å²) in [6.45, 7) is 4.37. The van der Waals surface area contributed by atoms with E-state index in [4.69, 9.17) is 4.74 Å². The molecule has 1 heterocycles. The molecule has 0 spiro atoms. The summed E-state index contributed by atoms with van der Waals surface area (Å²) in [5.74, 6) is 1.39. The highest BCUT2D eigenvalue weighted by atomic mass is 16.5. The van der Waals surface area contributed by atoms with Crippen LogP contribution >= 0.6 is 0 Å². The monoisotopic (exact) mass is 417 g/mol. The average Bonchev–Trinajstić information content (AvgIpc) is 3.35. The predicted octanol–water partition coefficient (Wildman–Crippen LogP) is 6.12. The number of para-hydroxylation sites is 1. The third kappa shape index (κ3) is 8.85. The zero-order valence-corrected chi connectivity index (χ0v) is 18.5. The van der Waals surface area contributed by atoms with Gasteiger partial charge in [-0.05, 0) is 87.0 Å². The molecule has 1 fully saturated rings. The second-order valence-corrected chi connectivity index (χ2v) is 8.03. The number of rotatable bonds is 4. The highest BCUT2D eigenvalue weighted by Gasteiger charge is 2.10. The van der Waals surface area contributed by atoms with Crippen molar-refractivity contribution in [3.05, 3.63) is 96.1 Å². The smallest absolute Gasteiger partial charge is 0.119 e. The van der Waals surface area contributed by atoms with E-state index >= 15 is 0 Å². The van der Waals surface area contributed by atoms with E-state index in [-0.39, 0.29) is 0 Å². The van der Waals surface area contributed by atoms with Crippen LogP contribution in [0.25, 0.3) is 0 Å². The van der Waals surface area contributed by atoms with Crippen LogP contribution in [-0.4, -0.2) is 36.2 Å². The van der Waals surface area contributed by atoms with E-state index in [0.717, 1.165) is 25.3 Å². The minimum absolute atomic E-state index is 0.408. The lowest BCUT2D eigenvalue weighted by Crippen LogP contribution is -2.25. The van der Waals surface area contributed by atoms with Crippen molar-refractivity contribution in [3.63, 3.8) is 0 Å². The lowest BCUT2D eigenvalue weighted by molar-refractivity contribution is 0.238. The van der Waals surface area contributed by atoms with Gasteiger partial charge in [0.2, 0.25) is 0 Å². The minimum atomic E-state index is 0.408. The van der Waals surface area contributed by atoms with Gasteiger partial charge in [0.15, 0.2) is 0 Å². The Hall–Kier alpha value is -2.78. The first-order valence-electron chi connectivity index (χ1n) is 11.5. The van der Waals surface area contributed by atoms with Crippen molar-refractivity contribution in [1.82, 2.24) is 4.90 Å². The molecule has 1 aliphatic heterocycles. The standard InChI is InChI=1S/C12H17NO.C10H12O.C6H6/c1-2-6-12(7-3-1)14-11-10-13-8-4-5-9-13;11-10-6-5-8-3-1-2-4-9(8)7-10;1-2-4-6-5-3-1/h1-3,6-7H,4-5,8-11H2;5-7,11H,1-4H2;1-6H. The summed E-state index contributed by atoms with van der Waals surface area (Å²) >= 11 is 0. The fraction of sp³-hybridized carbons (Fsp3) is 0.357. The van der Waals surface area contributed by atoms with Gasteiger partial charge in [0.05, 0.1) is 0 Å². The van der Waals surface area contributed by atoms with E-state index in [2.05, 4.69) is 4.90 Å². The van der Waals surface area contributed by atoms with Gasteiger partial charge >= 0.3 is 0 Å². The average molecular weight is 418 g/mol. The van der Waals surface area contributed by atoms with Crippen molar-refractivity contribution < 1.29 is 9.84 Å². The maximum Gasteiger partial charge on any atom is 0.119 e. The van der Waals surface area contributed by atoms with Crippen molar-refractivity contribution in [2.75, 3.05) is 26.2 Å². The van der Waals surface area contributed by atoms with Crippen LogP contribution in [-0.2, 0) is 12.8 Å². The van der Waals surface area contributed by atoms with Crippen LogP contribution < -0.4 is 4.74 Å². The van der Waals surface area contributed by atoms with Crippen molar-refractivity contribution in [3.8, 4) is 11.5 Å². The Kier molecular flexibility index (Phi) is 9.98. The molecule has 0 aromatic heterocycles. The quantitative estimate of drug-likeness (QED) is 0.555.